The van der Waals surface area contributed by atoms with Gasteiger partial charge in [0.05, 0.1) is 0 Å². The largest absolute Gasteiger partial charge is 0.356 e. The van der Waals surface area contributed by atoms with Gasteiger partial charge < -0.3 is 15.5 Å². The molecular weight excluding hydrogens is 254 g/mol. The van der Waals surface area contributed by atoms with E-state index in [-0.39, 0.29) is 11.8 Å². The molecule has 2 amide bonds. The third-order valence-corrected chi connectivity index (χ3v) is 3.96. The van der Waals surface area contributed by atoms with Crippen LogP contribution in [0.2, 0.25) is 0 Å². The quantitative estimate of drug-likeness (QED) is 0.702. The molecule has 1 aliphatic heterocycles. The van der Waals surface area contributed by atoms with E-state index in [1.54, 1.807) is 4.90 Å². The van der Waals surface area contributed by atoms with E-state index < -0.39 is 0 Å². The summed E-state index contributed by atoms with van der Waals surface area (Å²) in [6.07, 6.45) is 4.36. The van der Waals surface area contributed by atoms with E-state index in [0.29, 0.717) is 25.3 Å². The van der Waals surface area contributed by atoms with Gasteiger partial charge in [-0.25, -0.2) is 0 Å². The first-order valence-electron chi connectivity index (χ1n) is 7.92. The molecule has 1 atom stereocenters. The van der Waals surface area contributed by atoms with Gasteiger partial charge in [-0.2, -0.15) is 0 Å². The molecule has 0 radical (unpaired) electrons. The fourth-order valence-electron chi connectivity index (χ4n) is 2.64. The topological polar surface area (TPSA) is 61.4 Å². The monoisotopic (exact) mass is 283 g/mol. The average Bonchev–Trinajstić information content (AvgIpc) is 2.47. The first-order valence-corrected chi connectivity index (χ1v) is 7.92. The van der Waals surface area contributed by atoms with Crippen molar-refractivity contribution in [3.63, 3.8) is 0 Å². The van der Waals surface area contributed by atoms with Crippen LogP contribution in [0.3, 0.4) is 0 Å². The van der Waals surface area contributed by atoms with Crippen LogP contribution in [0.4, 0.5) is 0 Å². The number of carbonyl (C=O) groups is 2. The Bertz CT molecular complexity index is 297. The number of amides is 2. The third-order valence-electron chi connectivity index (χ3n) is 3.96. The van der Waals surface area contributed by atoms with E-state index >= 15 is 0 Å². The van der Waals surface area contributed by atoms with Crippen molar-refractivity contribution in [1.29, 1.82) is 0 Å². The summed E-state index contributed by atoms with van der Waals surface area (Å²) >= 11 is 0. The Morgan fingerprint density at radius 3 is 2.60 bits per heavy atom. The zero-order valence-electron chi connectivity index (χ0n) is 12.9. The first kappa shape index (κ1) is 17.0. The fourth-order valence-corrected chi connectivity index (χ4v) is 2.64. The molecule has 0 aromatic carbocycles. The van der Waals surface area contributed by atoms with E-state index in [1.165, 1.54) is 12.8 Å². The SMILES string of the molecule is CCN(CC)C(=O)CCNC(=O)CCC1CCCNC1. The van der Waals surface area contributed by atoms with Crippen LogP contribution in [0.5, 0.6) is 0 Å². The Hall–Kier alpha value is -1.10. The molecule has 1 unspecified atom stereocenters. The number of hydrogen-bond donors (Lipinski definition) is 2. The van der Waals surface area contributed by atoms with Crippen molar-refractivity contribution in [2.75, 3.05) is 32.7 Å². The molecule has 0 aromatic heterocycles. The molecule has 0 aliphatic carbocycles. The molecule has 20 heavy (non-hydrogen) atoms. The molecule has 5 nitrogen and oxygen atoms in total. The summed E-state index contributed by atoms with van der Waals surface area (Å²) in [4.78, 5) is 25.3. The molecule has 1 fully saturated rings. The summed E-state index contributed by atoms with van der Waals surface area (Å²) in [5.41, 5.74) is 0. The maximum absolute atomic E-state index is 11.8. The number of carbonyl (C=O) groups excluding carboxylic acids is 2. The lowest BCUT2D eigenvalue weighted by molar-refractivity contribution is -0.130. The number of nitrogens with one attached hydrogen (secondary N) is 2. The molecular formula is C15H29N3O2. The van der Waals surface area contributed by atoms with E-state index in [9.17, 15) is 9.59 Å². The Morgan fingerprint density at radius 2 is 2.00 bits per heavy atom. The second-order valence-electron chi connectivity index (χ2n) is 5.42. The van der Waals surface area contributed by atoms with Crippen LogP contribution in [0, 0.1) is 5.92 Å². The summed E-state index contributed by atoms with van der Waals surface area (Å²) < 4.78 is 0. The van der Waals surface area contributed by atoms with Crippen molar-refractivity contribution in [2.45, 2.75) is 46.0 Å². The summed E-state index contributed by atoms with van der Waals surface area (Å²) in [6.45, 7) is 8.01. The highest BCUT2D eigenvalue weighted by Gasteiger charge is 2.14. The van der Waals surface area contributed by atoms with E-state index in [1.807, 2.05) is 13.8 Å². The van der Waals surface area contributed by atoms with Gasteiger partial charge >= 0.3 is 0 Å². The minimum absolute atomic E-state index is 0.0721. The molecule has 116 valence electrons. The Kier molecular flexibility index (Phi) is 8.26. The van der Waals surface area contributed by atoms with Gasteiger partial charge in [-0.1, -0.05) is 0 Å². The minimum Gasteiger partial charge on any atom is -0.356 e. The van der Waals surface area contributed by atoms with Crippen molar-refractivity contribution >= 4 is 11.8 Å². The van der Waals surface area contributed by atoms with Gasteiger partial charge in [0.15, 0.2) is 0 Å². The molecule has 2 N–H and O–H groups in total. The smallest absolute Gasteiger partial charge is 0.224 e. The van der Waals surface area contributed by atoms with Gasteiger partial charge in [0, 0.05) is 32.5 Å². The number of hydrogen-bond acceptors (Lipinski definition) is 3. The van der Waals surface area contributed by atoms with Crippen molar-refractivity contribution in [3.8, 4) is 0 Å². The van der Waals surface area contributed by atoms with Gasteiger partial charge in [0.1, 0.15) is 0 Å². The first-order chi connectivity index (χ1) is 9.67. The third kappa shape index (κ3) is 6.37. The van der Waals surface area contributed by atoms with Crippen LogP contribution >= 0.6 is 0 Å². The summed E-state index contributed by atoms with van der Waals surface area (Å²) in [7, 11) is 0. The average molecular weight is 283 g/mol. The van der Waals surface area contributed by atoms with E-state index in [4.69, 9.17) is 0 Å². The summed E-state index contributed by atoms with van der Waals surface area (Å²) in [5, 5.41) is 6.21. The summed E-state index contributed by atoms with van der Waals surface area (Å²) in [5.74, 6) is 0.821. The zero-order chi connectivity index (χ0) is 14.8. The summed E-state index contributed by atoms with van der Waals surface area (Å²) in [6, 6.07) is 0. The molecule has 0 spiro atoms. The Balaban J connectivity index is 2.08. The lowest BCUT2D eigenvalue weighted by atomic mass is 9.94. The van der Waals surface area contributed by atoms with Gasteiger partial charge in [-0.15, -0.1) is 0 Å². The number of piperidine rings is 1. The van der Waals surface area contributed by atoms with Crippen LogP contribution in [0.15, 0.2) is 0 Å². The normalized spacial score (nSPS) is 18.6. The van der Waals surface area contributed by atoms with Gasteiger partial charge in [0.25, 0.3) is 0 Å². The lowest BCUT2D eigenvalue weighted by Gasteiger charge is -2.22. The van der Waals surface area contributed by atoms with Crippen LogP contribution in [0.1, 0.15) is 46.0 Å². The van der Waals surface area contributed by atoms with Crippen molar-refractivity contribution in [1.82, 2.24) is 15.5 Å². The van der Waals surface area contributed by atoms with E-state index in [2.05, 4.69) is 10.6 Å². The second-order valence-corrected chi connectivity index (χ2v) is 5.42. The Labute approximate surface area is 122 Å². The van der Waals surface area contributed by atoms with Crippen LogP contribution in [-0.4, -0.2) is 49.4 Å². The predicted molar refractivity (Wildman–Crippen MR) is 80.4 cm³/mol. The molecule has 1 saturated heterocycles. The molecule has 0 aromatic rings. The lowest BCUT2D eigenvalue weighted by Crippen LogP contribution is -2.35. The molecule has 0 bridgehead atoms. The van der Waals surface area contributed by atoms with Crippen molar-refractivity contribution < 1.29 is 9.59 Å². The minimum atomic E-state index is 0.0721. The van der Waals surface area contributed by atoms with Crippen LogP contribution in [0.25, 0.3) is 0 Å². The van der Waals surface area contributed by atoms with Gasteiger partial charge in [-0.3, -0.25) is 9.59 Å². The maximum atomic E-state index is 11.8. The van der Waals surface area contributed by atoms with E-state index in [0.717, 1.165) is 32.6 Å². The molecule has 5 heteroatoms. The highest BCUT2D eigenvalue weighted by atomic mass is 16.2. The standard InChI is InChI=1S/C15H29N3O2/c1-3-18(4-2)15(20)9-11-17-14(19)8-7-13-6-5-10-16-12-13/h13,16H,3-12H2,1-2H3,(H,17,19). The second kappa shape index (κ2) is 9.75. The fraction of sp³-hybridized carbons (Fsp3) is 0.867. The maximum Gasteiger partial charge on any atom is 0.224 e. The van der Waals surface area contributed by atoms with Gasteiger partial charge in [0.2, 0.25) is 11.8 Å². The molecule has 1 rings (SSSR count). The highest BCUT2D eigenvalue weighted by molar-refractivity contribution is 5.79. The van der Waals surface area contributed by atoms with Crippen molar-refractivity contribution in [3.05, 3.63) is 0 Å². The highest BCUT2D eigenvalue weighted by Crippen LogP contribution is 2.15. The number of nitrogens with zero attached hydrogens (tertiary/aromatic N) is 1. The number of rotatable bonds is 8. The predicted octanol–water partition coefficient (Wildman–Crippen LogP) is 1.14. The Morgan fingerprint density at radius 1 is 1.25 bits per heavy atom. The zero-order valence-corrected chi connectivity index (χ0v) is 12.9. The molecule has 1 heterocycles. The van der Waals surface area contributed by atoms with Crippen LogP contribution in [-0.2, 0) is 9.59 Å². The molecule has 0 saturated carbocycles. The van der Waals surface area contributed by atoms with Gasteiger partial charge in [-0.05, 0) is 52.1 Å². The van der Waals surface area contributed by atoms with Crippen LogP contribution < -0.4 is 10.6 Å². The molecule has 1 aliphatic rings. The van der Waals surface area contributed by atoms with Crippen molar-refractivity contribution in [2.24, 2.45) is 5.92 Å².